The molecule has 0 bridgehead atoms. The minimum atomic E-state index is -0.316. The summed E-state index contributed by atoms with van der Waals surface area (Å²) in [7, 11) is 3.54. The van der Waals surface area contributed by atoms with E-state index in [9.17, 15) is 4.79 Å². The Labute approximate surface area is 150 Å². The van der Waals surface area contributed by atoms with Gasteiger partial charge < -0.3 is 9.47 Å². The number of esters is 1. The van der Waals surface area contributed by atoms with Crippen molar-refractivity contribution in [3.63, 3.8) is 0 Å². The zero-order valence-electron chi connectivity index (χ0n) is 14.9. The van der Waals surface area contributed by atoms with Crippen LogP contribution in [0.3, 0.4) is 0 Å². The standard InChI is InChI=1S/C20H19N3O3/c1-4-26-20(24)13-5-10-18-16(11-13)17-12-22(2)21-19(17)23(18)14-6-8-15(25-3)9-7-14/h5-12H,4H2,1-3H3. The number of hydrogen-bond acceptors (Lipinski definition) is 4. The molecule has 0 aliphatic heterocycles. The number of fused-ring (bicyclic) bond motifs is 3. The fourth-order valence-corrected chi connectivity index (χ4v) is 3.23. The molecule has 0 spiro atoms. The first-order valence-corrected chi connectivity index (χ1v) is 8.41. The van der Waals surface area contributed by atoms with Crippen LogP contribution in [0, 0.1) is 0 Å². The minimum Gasteiger partial charge on any atom is -0.497 e. The Kier molecular flexibility index (Phi) is 3.88. The van der Waals surface area contributed by atoms with E-state index in [1.165, 1.54) is 0 Å². The van der Waals surface area contributed by atoms with E-state index < -0.39 is 0 Å². The number of carbonyl (C=O) groups excluding carboxylic acids is 1. The third-order valence-corrected chi connectivity index (χ3v) is 4.39. The topological polar surface area (TPSA) is 58.3 Å². The lowest BCUT2D eigenvalue weighted by molar-refractivity contribution is 0.0526. The van der Waals surface area contributed by atoms with E-state index in [-0.39, 0.29) is 5.97 Å². The summed E-state index contributed by atoms with van der Waals surface area (Å²) >= 11 is 0. The predicted octanol–water partition coefficient (Wildman–Crippen LogP) is 3.70. The molecule has 0 aliphatic rings. The first-order chi connectivity index (χ1) is 12.6. The van der Waals surface area contributed by atoms with Crippen molar-refractivity contribution in [3.8, 4) is 11.4 Å². The second kappa shape index (κ2) is 6.22. The molecule has 2 aromatic carbocycles. The molecule has 0 N–H and O–H groups in total. The molecule has 2 aromatic heterocycles. The highest BCUT2D eigenvalue weighted by molar-refractivity contribution is 6.10. The van der Waals surface area contributed by atoms with Crippen molar-refractivity contribution in [1.29, 1.82) is 0 Å². The molecule has 6 heteroatoms. The molecular formula is C20H19N3O3. The SMILES string of the molecule is CCOC(=O)c1ccc2c(c1)c1cn(C)nc1n2-c1ccc(OC)cc1. The molecule has 2 heterocycles. The molecule has 0 atom stereocenters. The number of carbonyl (C=O) groups is 1. The monoisotopic (exact) mass is 349 g/mol. The van der Waals surface area contributed by atoms with E-state index in [1.54, 1.807) is 24.8 Å². The van der Waals surface area contributed by atoms with Crippen molar-refractivity contribution in [2.45, 2.75) is 6.92 Å². The zero-order chi connectivity index (χ0) is 18.3. The van der Waals surface area contributed by atoms with E-state index in [2.05, 4.69) is 9.67 Å². The van der Waals surface area contributed by atoms with Crippen molar-refractivity contribution < 1.29 is 14.3 Å². The summed E-state index contributed by atoms with van der Waals surface area (Å²) in [6, 6.07) is 13.4. The maximum atomic E-state index is 12.1. The summed E-state index contributed by atoms with van der Waals surface area (Å²) in [6.45, 7) is 2.15. The summed E-state index contributed by atoms with van der Waals surface area (Å²) in [5.74, 6) is 0.482. The van der Waals surface area contributed by atoms with Crippen LogP contribution in [0.15, 0.2) is 48.7 Å². The average Bonchev–Trinajstić information content (AvgIpc) is 3.16. The molecule has 26 heavy (non-hydrogen) atoms. The molecule has 6 nitrogen and oxygen atoms in total. The van der Waals surface area contributed by atoms with E-state index in [0.29, 0.717) is 12.2 Å². The Bertz CT molecular complexity index is 1110. The number of benzene rings is 2. The Morgan fingerprint density at radius 3 is 2.58 bits per heavy atom. The number of rotatable bonds is 4. The number of aromatic nitrogens is 3. The van der Waals surface area contributed by atoms with Gasteiger partial charge in [-0.25, -0.2) is 4.79 Å². The van der Waals surface area contributed by atoms with Gasteiger partial charge in [0.1, 0.15) is 5.75 Å². The lowest BCUT2D eigenvalue weighted by atomic mass is 10.1. The van der Waals surface area contributed by atoms with E-state index in [4.69, 9.17) is 9.47 Å². The third-order valence-electron chi connectivity index (χ3n) is 4.39. The van der Waals surface area contributed by atoms with Crippen LogP contribution in [0.4, 0.5) is 0 Å². The van der Waals surface area contributed by atoms with Gasteiger partial charge in [-0.05, 0) is 49.4 Å². The van der Waals surface area contributed by atoms with Crippen molar-refractivity contribution in [2.24, 2.45) is 7.05 Å². The highest BCUT2D eigenvalue weighted by Gasteiger charge is 2.17. The molecule has 0 amide bonds. The molecule has 0 unspecified atom stereocenters. The molecule has 0 saturated heterocycles. The van der Waals surface area contributed by atoms with Gasteiger partial charge in [0.25, 0.3) is 0 Å². The summed E-state index contributed by atoms with van der Waals surface area (Å²) in [5.41, 5.74) is 3.35. The van der Waals surface area contributed by atoms with E-state index in [1.807, 2.05) is 49.6 Å². The zero-order valence-corrected chi connectivity index (χ0v) is 14.9. The van der Waals surface area contributed by atoms with Crippen LogP contribution in [0.2, 0.25) is 0 Å². The second-order valence-corrected chi connectivity index (χ2v) is 6.03. The number of ether oxygens (including phenoxy) is 2. The van der Waals surface area contributed by atoms with Crippen molar-refractivity contribution in [3.05, 3.63) is 54.2 Å². The molecule has 4 aromatic rings. The fourth-order valence-electron chi connectivity index (χ4n) is 3.23. The molecule has 0 radical (unpaired) electrons. The van der Waals surface area contributed by atoms with Gasteiger partial charge in [-0.2, -0.15) is 5.10 Å². The predicted molar refractivity (Wildman–Crippen MR) is 100 cm³/mol. The van der Waals surface area contributed by atoms with Gasteiger partial charge in [0.15, 0.2) is 5.65 Å². The Morgan fingerprint density at radius 2 is 1.88 bits per heavy atom. The Hall–Kier alpha value is -3.28. The number of nitrogens with zero attached hydrogens (tertiary/aromatic N) is 3. The molecule has 0 saturated carbocycles. The highest BCUT2D eigenvalue weighted by Crippen LogP contribution is 2.32. The summed E-state index contributed by atoms with van der Waals surface area (Å²) in [5, 5.41) is 6.57. The largest absolute Gasteiger partial charge is 0.497 e. The first-order valence-electron chi connectivity index (χ1n) is 8.41. The van der Waals surface area contributed by atoms with Gasteiger partial charge >= 0.3 is 5.97 Å². The van der Waals surface area contributed by atoms with Gasteiger partial charge in [0.05, 0.1) is 24.8 Å². The first kappa shape index (κ1) is 16.2. The summed E-state index contributed by atoms with van der Waals surface area (Å²) in [6.07, 6.45) is 1.96. The second-order valence-electron chi connectivity index (χ2n) is 6.03. The smallest absolute Gasteiger partial charge is 0.338 e. The van der Waals surface area contributed by atoms with Gasteiger partial charge in [-0.1, -0.05) is 0 Å². The van der Waals surface area contributed by atoms with Crippen LogP contribution in [0.1, 0.15) is 17.3 Å². The maximum Gasteiger partial charge on any atom is 0.338 e. The van der Waals surface area contributed by atoms with Crippen LogP contribution in [0.5, 0.6) is 5.75 Å². The number of methoxy groups -OCH3 is 1. The van der Waals surface area contributed by atoms with Crippen LogP contribution in [-0.4, -0.2) is 34.0 Å². The van der Waals surface area contributed by atoms with Gasteiger partial charge in [0.2, 0.25) is 0 Å². The van der Waals surface area contributed by atoms with Crippen LogP contribution in [0.25, 0.3) is 27.6 Å². The van der Waals surface area contributed by atoms with E-state index >= 15 is 0 Å². The molecule has 0 aliphatic carbocycles. The minimum absolute atomic E-state index is 0.316. The van der Waals surface area contributed by atoms with Crippen molar-refractivity contribution in [1.82, 2.24) is 14.3 Å². The molecule has 132 valence electrons. The maximum absolute atomic E-state index is 12.1. The van der Waals surface area contributed by atoms with E-state index in [0.717, 1.165) is 33.4 Å². The van der Waals surface area contributed by atoms with Crippen molar-refractivity contribution in [2.75, 3.05) is 13.7 Å². The number of aryl methyl sites for hydroxylation is 1. The Balaban J connectivity index is 1.97. The average molecular weight is 349 g/mol. The van der Waals surface area contributed by atoms with Crippen LogP contribution >= 0.6 is 0 Å². The molecule has 0 fully saturated rings. The third kappa shape index (κ3) is 2.50. The van der Waals surface area contributed by atoms with Crippen LogP contribution < -0.4 is 4.74 Å². The molecule has 4 rings (SSSR count). The lowest BCUT2D eigenvalue weighted by Crippen LogP contribution is -2.04. The van der Waals surface area contributed by atoms with Crippen LogP contribution in [-0.2, 0) is 11.8 Å². The fraction of sp³-hybridized carbons (Fsp3) is 0.200. The summed E-state index contributed by atoms with van der Waals surface area (Å²) in [4.78, 5) is 12.1. The highest BCUT2D eigenvalue weighted by atomic mass is 16.5. The Morgan fingerprint density at radius 1 is 1.12 bits per heavy atom. The van der Waals surface area contributed by atoms with Gasteiger partial charge in [-0.15, -0.1) is 0 Å². The normalized spacial score (nSPS) is 11.2. The molecular weight excluding hydrogens is 330 g/mol. The summed E-state index contributed by atoms with van der Waals surface area (Å²) < 4.78 is 14.2. The van der Waals surface area contributed by atoms with Gasteiger partial charge in [0, 0.05) is 29.7 Å². The van der Waals surface area contributed by atoms with Crippen molar-refractivity contribution >= 4 is 27.9 Å². The number of hydrogen-bond donors (Lipinski definition) is 0. The van der Waals surface area contributed by atoms with Gasteiger partial charge in [-0.3, -0.25) is 9.25 Å². The quantitative estimate of drug-likeness (QED) is 0.527. The lowest BCUT2D eigenvalue weighted by Gasteiger charge is -2.08.